The quantitative estimate of drug-likeness (QED) is 0.0588. The highest BCUT2D eigenvalue weighted by atomic mass is 79.9. The summed E-state index contributed by atoms with van der Waals surface area (Å²) in [6, 6.07) is 127. The minimum atomic E-state index is -1.01. The molecule has 4 N–H and O–H groups in total. The summed E-state index contributed by atoms with van der Waals surface area (Å²) >= 11 is 13.9. The predicted octanol–water partition coefficient (Wildman–Crippen LogP) is 32.7. The van der Waals surface area contributed by atoms with E-state index in [0.717, 1.165) is 148 Å². The number of aromatic nitrogens is 4. The molecule has 0 atom stereocenters. The Morgan fingerprint density at radius 1 is 0.333 bits per heavy atom. The van der Waals surface area contributed by atoms with Gasteiger partial charge in [0.2, 0.25) is 23.6 Å². The minimum Gasteiger partial charge on any atom is -0.506 e. The highest BCUT2D eigenvalue weighted by molar-refractivity contribution is 9.11. The SMILES string of the molecule is Brc1cc(-c2cc(Br)cc(-c3nc4ccccc4o3)c2)cc(-c2nc3ccccc3o2)c1.CC1(C)c2ccccc2Cc2ccccc21.CC1(C)c2ccccc2N(c2cc(-c3cc(-c4nc5ccccc5o4)cc(N4c5ccccc5C(C)(C)c5ccccc54)c3)cc(-c3nc4ccccc4o3)c2)c2ccccc21.Nc1ccccc1O.O=COc1cc(Br)cc(-c2cc(Br)cc(C(=O)O)c2)c1. The number of ether oxygens (including phenoxy) is 1. The van der Waals surface area contributed by atoms with Gasteiger partial charge < -0.3 is 48.2 Å². The fourth-order valence-electron chi connectivity index (χ4n) is 18.8. The number of anilines is 7. The number of nitrogen functional groups attached to an aromatic ring is 1. The van der Waals surface area contributed by atoms with Gasteiger partial charge in [0.15, 0.2) is 22.3 Å². The van der Waals surface area contributed by atoms with Crippen LogP contribution in [0.4, 0.5) is 39.8 Å². The van der Waals surface area contributed by atoms with Crippen molar-refractivity contribution in [3.05, 3.63) is 444 Å². The number of carboxylic acid groups (broad SMARTS) is 1. The van der Waals surface area contributed by atoms with E-state index in [0.29, 0.717) is 51.5 Å². The molecule has 2 aliphatic heterocycles. The van der Waals surface area contributed by atoms with Crippen LogP contribution < -0.4 is 20.3 Å². The molecule has 0 radical (unpaired) electrons. The number of oxazole rings is 4. The third-order valence-electron chi connectivity index (χ3n) is 25.5. The molecule has 20 heteroatoms. The standard InChI is InChI=1S/C56H42N4O2.C26H14Br2N2O2.C16H16.C14H8Br2O4.C6H7NO/c1-55(2)41-17-5-11-23-47(41)59(48-24-12-6-18-42(48)55)39-31-35(29-37(33-39)53-57-45-21-9-15-27-51(45)61-53)36-30-38(54-58-46-22-10-16-28-52(46)62-54)34-40(32-36)60-49-25-13-7-19-43(49)56(3,4)44-20-8-14-26-50(44)60;27-19-11-15(9-17(13-19)25-29-21-5-1-3-7-23(21)31-25)16-10-18(14-20(28)12-16)26-30-22-6-2-4-8-24(22)32-26;1-16(2)14-9-5-3-7-12(14)11-13-8-4-6-10-15(13)16;15-11-2-8(1-10(4-11)14(18)19)9-3-12(16)6-13(5-9)20-7-17;7-5-3-1-2-4-6(5)8/h5-34H,1-4H3;1-14H;3-10H,11H2,1-2H3;1-7H,(H,18,19);1-4,8H,7H2. The van der Waals surface area contributed by atoms with Gasteiger partial charge in [0.1, 0.15) is 33.6 Å². The van der Waals surface area contributed by atoms with Crippen LogP contribution in [0.1, 0.15) is 96.4 Å². The van der Waals surface area contributed by atoms with Crippen LogP contribution in [0.15, 0.2) is 412 Å². The molecule has 138 heavy (non-hydrogen) atoms. The Bertz CT molecular complexity index is 7650. The summed E-state index contributed by atoms with van der Waals surface area (Å²) in [5.41, 5.74) is 38.5. The van der Waals surface area contributed by atoms with Crippen molar-refractivity contribution in [2.24, 2.45) is 0 Å². The van der Waals surface area contributed by atoms with Crippen molar-refractivity contribution in [3.8, 4) is 90.7 Å². The van der Waals surface area contributed by atoms with Crippen molar-refractivity contribution >= 4 is 160 Å². The number of rotatable bonds is 12. The fraction of sp³-hybridized carbons (Fsp3) is 0.0847. The lowest BCUT2D eigenvalue weighted by Gasteiger charge is -2.42. The molecular weight excluding hydrogens is 1980 g/mol. The van der Waals surface area contributed by atoms with Crippen LogP contribution >= 0.6 is 63.7 Å². The highest BCUT2D eigenvalue weighted by Gasteiger charge is 2.40. The van der Waals surface area contributed by atoms with E-state index in [-0.39, 0.29) is 27.6 Å². The maximum absolute atomic E-state index is 11.1. The molecule has 1 aliphatic carbocycles. The number of hydrogen-bond donors (Lipinski definition) is 3. The molecule has 0 amide bonds. The number of halogens is 4. The number of aromatic carboxylic acids is 1. The third kappa shape index (κ3) is 18.1. The molecule has 3 aliphatic rings. The number of hydrogen-bond acceptors (Lipinski definition) is 15. The second kappa shape index (κ2) is 37.7. The second-order valence-electron chi connectivity index (χ2n) is 35.5. The molecule has 0 spiro atoms. The summed E-state index contributed by atoms with van der Waals surface area (Å²) < 4.78 is 33.1. The number of carboxylic acids is 1. The number of benzene rings is 17. The van der Waals surface area contributed by atoms with Gasteiger partial charge in [-0.3, -0.25) is 4.79 Å². The predicted molar refractivity (Wildman–Crippen MR) is 566 cm³/mol. The number of phenols is 1. The molecule has 17 aromatic carbocycles. The van der Waals surface area contributed by atoms with Crippen molar-refractivity contribution in [2.45, 2.75) is 64.2 Å². The molecule has 16 nitrogen and oxygen atoms in total. The molecule has 24 rings (SSSR count). The zero-order valence-electron chi connectivity index (χ0n) is 75.6. The molecule has 6 heterocycles. The Morgan fingerprint density at radius 2 is 0.609 bits per heavy atom. The lowest BCUT2D eigenvalue weighted by atomic mass is 9.69. The lowest BCUT2D eigenvalue weighted by molar-refractivity contribution is -0.120. The van der Waals surface area contributed by atoms with Gasteiger partial charge in [-0.05, 0) is 278 Å². The molecule has 0 saturated heterocycles. The van der Waals surface area contributed by atoms with Gasteiger partial charge in [-0.1, -0.05) is 287 Å². The Kier molecular flexibility index (Phi) is 24.7. The van der Waals surface area contributed by atoms with E-state index in [2.05, 4.69) is 331 Å². The van der Waals surface area contributed by atoms with Crippen LogP contribution in [0.25, 0.3) is 124 Å². The Morgan fingerprint density at radius 3 is 0.957 bits per heavy atom. The van der Waals surface area contributed by atoms with Crippen LogP contribution in [0.2, 0.25) is 0 Å². The number of aromatic hydroxyl groups is 1. The largest absolute Gasteiger partial charge is 0.506 e. The first-order valence-electron chi connectivity index (χ1n) is 44.8. The number of para-hydroxylation sites is 14. The monoisotopic (exact) mass is 2060 g/mol. The zero-order chi connectivity index (χ0) is 95.3. The first kappa shape index (κ1) is 90.5. The van der Waals surface area contributed by atoms with Gasteiger partial charge in [0, 0.05) is 67.8 Å². The van der Waals surface area contributed by atoms with Crippen molar-refractivity contribution in [1.82, 2.24) is 19.9 Å². The number of phenolic OH excluding ortho intramolecular Hbond substituents is 1. The summed E-state index contributed by atoms with van der Waals surface area (Å²) in [7, 11) is 0. The molecule has 0 unspecified atom stereocenters. The third-order valence-corrected chi connectivity index (χ3v) is 27.3. The van der Waals surface area contributed by atoms with Gasteiger partial charge in [-0.15, -0.1) is 0 Å². The van der Waals surface area contributed by atoms with Gasteiger partial charge >= 0.3 is 5.97 Å². The Hall–Kier alpha value is -15.3. The van der Waals surface area contributed by atoms with Crippen LogP contribution in [-0.4, -0.2) is 42.6 Å². The molecule has 21 aromatic rings. The van der Waals surface area contributed by atoms with E-state index in [4.69, 9.17) is 48.3 Å². The summed E-state index contributed by atoms with van der Waals surface area (Å²) in [6.07, 6.45) is 1.08. The average Bonchev–Trinajstić information content (AvgIpc) is 0.807. The molecule has 4 aromatic heterocycles. The number of carbonyl (C=O) groups is 2. The summed E-state index contributed by atoms with van der Waals surface area (Å²) in [6.45, 7) is 14.3. The van der Waals surface area contributed by atoms with Crippen LogP contribution in [0, 0.1) is 0 Å². The van der Waals surface area contributed by atoms with E-state index in [9.17, 15) is 9.59 Å². The maximum atomic E-state index is 11.1. The van der Waals surface area contributed by atoms with Gasteiger partial charge in [0.25, 0.3) is 6.47 Å². The normalized spacial score (nSPS) is 13.1. The first-order chi connectivity index (χ1) is 66.8. The maximum Gasteiger partial charge on any atom is 0.335 e. The zero-order valence-corrected chi connectivity index (χ0v) is 81.9. The van der Waals surface area contributed by atoms with Crippen molar-refractivity contribution in [2.75, 3.05) is 15.5 Å². The highest BCUT2D eigenvalue weighted by Crippen LogP contribution is 2.56. The fourth-order valence-corrected chi connectivity index (χ4v) is 20.8. The van der Waals surface area contributed by atoms with Crippen LogP contribution in [0.5, 0.6) is 11.5 Å². The van der Waals surface area contributed by atoms with E-state index < -0.39 is 5.97 Å². The van der Waals surface area contributed by atoms with Gasteiger partial charge in [-0.2, -0.15) is 0 Å². The second-order valence-corrected chi connectivity index (χ2v) is 39.2. The first-order valence-corrected chi connectivity index (χ1v) is 48.0. The lowest BCUT2D eigenvalue weighted by Crippen LogP contribution is -2.30. The van der Waals surface area contributed by atoms with Gasteiger partial charge in [0.05, 0.1) is 34.0 Å². The number of nitrogens with zero attached hydrogens (tertiary/aromatic N) is 6. The molecule has 676 valence electrons. The Balaban J connectivity index is 0.000000127. The number of fused-ring (bicyclic) bond motifs is 10. The number of carbonyl (C=O) groups excluding carboxylic acids is 1. The van der Waals surface area contributed by atoms with Crippen molar-refractivity contribution in [1.29, 1.82) is 0 Å². The van der Waals surface area contributed by atoms with E-state index >= 15 is 0 Å². The molecule has 0 bridgehead atoms. The Labute approximate surface area is 830 Å². The summed E-state index contributed by atoms with van der Waals surface area (Å²) in [4.78, 5) is 45.6. The molecule has 0 fully saturated rings. The van der Waals surface area contributed by atoms with Crippen molar-refractivity contribution < 1.29 is 42.2 Å². The summed E-state index contributed by atoms with van der Waals surface area (Å²) in [5, 5.41) is 17.9. The van der Waals surface area contributed by atoms with Crippen LogP contribution in [-0.2, 0) is 27.5 Å². The van der Waals surface area contributed by atoms with E-state index in [1.165, 1.54) is 50.6 Å². The summed E-state index contributed by atoms with van der Waals surface area (Å²) in [5.74, 6) is 1.81. The topological polar surface area (TPSA) is 220 Å². The van der Waals surface area contributed by atoms with Crippen molar-refractivity contribution in [3.63, 3.8) is 0 Å². The molecule has 0 saturated carbocycles. The van der Waals surface area contributed by atoms with Crippen LogP contribution in [0.3, 0.4) is 0 Å². The average molecular weight is 2070 g/mol. The smallest absolute Gasteiger partial charge is 0.335 e. The van der Waals surface area contributed by atoms with E-state index in [1.807, 2.05) is 115 Å². The van der Waals surface area contributed by atoms with E-state index in [1.54, 1.807) is 48.5 Å². The van der Waals surface area contributed by atoms with Gasteiger partial charge in [-0.25, -0.2) is 24.7 Å². The molecular formula is C118H87Br4N7O9. The number of nitrogens with two attached hydrogens (primary N) is 1. The minimum absolute atomic E-state index is 0.144.